The molecule has 0 spiro atoms. The van der Waals surface area contributed by atoms with Gasteiger partial charge in [-0.25, -0.2) is 14.8 Å². The van der Waals surface area contributed by atoms with Crippen molar-refractivity contribution >= 4 is 68.6 Å². The predicted molar refractivity (Wildman–Crippen MR) is 186 cm³/mol. The second-order valence-electron chi connectivity index (χ2n) is 13.4. The maximum absolute atomic E-state index is 13.6. The smallest absolute Gasteiger partial charge is 0.546 e. The Morgan fingerprint density at radius 1 is 1.19 bits per heavy atom. The number of quaternary nitrogens is 1. The number of hydrogen-bond donors (Lipinski definition) is 5. The first-order valence-electron chi connectivity index (χ1n) is 16.2. The van der Waals surface area contributed by atoms with Crippen molar-refractivity contribution in [3.63, 3.8) is 0 Å². The van der Waals surface area contributed by atoms with Crippen molar-refractivity contribution in [2.24, 2.45) is 5.16 Å². The zero-order valence-corrected chi connectivity index (χ0v) is 32.9. The van der Waals surface area contributed by atoms with Gasteiger partial charge in [0.2, 0.25) is 0 Å². The standard InChI is InChI=1S/C32H36N8O10S2.Na/c1-15-17(12-40(7-4-5-8-40)9-6-38-14-34-18-11-21(42)20(41)10-16(18)26(38)44)24(29(46)47)39-27(45)23(28(39)52-15)36-25(43)22(19-13-51-31(33)35-19)37-50-32(2,3)30(48)49;/h10-11,13-15,23,28H,4-9,12H2,1-3H3,(H6-,33,35,36,37,41,42,43,44,46,47,48,49);/q;+1/t15-,23+,28+;/m0./s1. The first-order chi connectivity index (χ1) is 24.5. The summed E-state index contributed by atoms with van der Waals surface area (Å²) in [5.74, 6) is -5.27. The van der Waals surface area contributed by atoms with Crippen LogP contribution in [0.3, 0.4) is 0 Å². The van der Waals surface area contributed by atoms with Gasteiger partial charge in [-0.2, -0.15) is 0 Å². The van der Waals surface area contributed by atoms with Crippen LogP contribution in [0.15, 0.2) is 45.1 Å². The number of anilines is 1. The Balaban J connectivity index is 0.00000541. The SMILES string of the molecule is C[C@@H]1S[C@@H]2[C@H](NC(=O)/C(=N\OC(C)(C)C(=O)[O-])c3csc(N)n3)C(=O)N2C(C(=O)O)=C1C[N+]1(CCn2cnc3cc(O)c(O)cc3c2=O)CCCC1.[Na+]. The van der Waals surface area contributed by atoms with Crippen LogP contribution >= 0.6 is 23.1 Å². The number of amides is 2. The molecular weight excluding hydrogens is 744 g/mol. The number of fused-ring (bicyclic) bond motifs is 2. The minimum atomic E-state index is -1.91. The number of rotatable bonds is 12. The molecule has 6 N–H and O–H groups in total. The number of thioether (sulfide) groups is 1. The number of thiazole rings is 1. The Morgan fingerprint density at radius 3 is 2.49 bits per heavy atom. The van der Waals surface area contributed by atoms with Gasteiger partial charge in [-0.15, -0.1) is 23.1 Å². The molecule has 3 aliphatic rings. The number of aliphatic carboxylic acids is 2. The second kappa shape index (κ2) is 15.3. The van der Waals surface area contributed by atoms with Crippen molar-refractivity contribution in [1.29, 1.82) is 0 Å². The first-order valence-corrected chi connectivity index (χ1v) is 18.0. The third kappa shape index (κ3) is 7.74. The number of hydrogen-bond acceptors (Lipinski definition) is 15. The predicted octanol–water partition coefficient (Wildman–Crippen LogP) is -3.46. The zero-order valence-electron chi connectivity index (χ0n) is 29.3. The van der Waals surface area contributed by atoms with E-state index in [9.17, 15) is 44.4 Å². The third-order valence-electron chi connectivity index (χ3n) is 9.50. The number of aromatic nitrogens is 3. The Kier molecular flexibility index (Phi) is 11.5. The number of likely N-dealkylation sites (tertiary alicyclic amines) is 1. The molecular formula is C32H36N8NaO10S2+. The number of carboxylic acids is 2. The van der Waals surface area contributed by atoms with Gasteiger partial charge in [0, 0.05) is 35.1 Å². The van der Waals surface area contributed by atoms with Gasteiger partial charge in [-0.05, 0) is 26.8 Å². The minimum Gasteiger partial charge on any atom is -0.546 e. The molecule has 2 fully saturated rings. The van der Waals surface area contributed by atoms with E-state index in [0.717, 1.165) is 24.2 Å². The molecule has 0 aliphatic carbocycles. The quantitative estimate of drug-likeness (QED) is 0.0299. The molecule has 18 nitrogen and oxygen atoms in total. The molecule has 0 saturated carbocycles. The molecule has 1 aromatic carbocycles. The average molecular weight is 780 g/mol. The molecule has 21 heteroatoms. The van der Waals surface area contributed by atoms with Crippen molar-refractivity contribution in [2.45, 2.75) is 62.4 Å². The van der Waals surface area contributed by atoms with Gasteiger partial charge in [0.25, 0.3) is 17.4 Å². The van der Waals surface area contributed by atoms with E-state index in [0.29, 0.717) is 36.2 Å². The maximum atomic E-state index is 13.6. The monoisotopic (exact) mass is 779 g/mol. The van der Waals surface area contributed by atoms with Crippen LogP contribution in [0.4, 0.5) is 5.13 Å². The molecule has 2 saturated heterocycles. The van der Waals surface area contributed by atoms with E-state index in [4.69, 9.17) is 10.6 Å². The van der Waals surface area contributed by atoms with Gasteiger partial charge in [0.05, 0.1) is 49.4 Å². The van der Waals surface area contributed by atoms with Crippen LogP contribution in [0.5, 0.6) is 11.5 Å². The van der Waals surface area contributed by atoms with Crippen LogP contribution in [-0.2, 0) is 30.6 Å². The van der Waals surface area contributed by atoms with Crippen LogP contribution < -0.4 is 51.3 Å². The number of oxime groups is 1. The largest absolute Gasteiger partial charge is 1.00 e. The summed E-state index contributed by atoms with van der Waals surface area (Å²) >= 11 is 2.31. The van der Waals surface area contributed by atoms with Crippen LogP contribution in [-0.4, -0.2) is 117 Å². The van der Waals surface area contributed by atoms with Crippen molar-refractivity contribution in [2.75, 3.05) is 31.9 Å². The Labute approximate surface area is 332 Å². The number of carbonyl (C=O) groups excluding carboxylic acids is 3. The Hall–Kier alpha value is -4.21. The van der Waals surface area contributed by atoms with Crippen LogP contribution in [0.2, 0.25) is 0 Å². The molecule has 0 radical (unpaired) electrons. The van der Waals surface area contributed by atoms with E-state index in [2.05, 4.69) is 20.4 Å². The fourth-order valence-corrected chi connectivity index (χ4v) is 8.54. The van der Waals surface area contributed by atoms with Gasteiger partial charge >= 0.3 is 35.5 Å². The van der Waals surface area contributed by atoms with Crippen LogP contribution in [0.25, 0.3) is 10.9 Å². The average Bonchev–Trinajstić information content (AvgIpc) is 3.74. The molecule has 3 atom stereocenters. The number of phenols is 2. The van der Waals surface area contributed by atoms with Crippen molar-refractivity contribution in [3.05, 3.63) is 51.2 Å². The van der Waals surface area contributed by atoms with E-state index in [1.165, 1.54) is 58.9 Å². The number of nitrogen functional groups attached to an aromatic ring is 1. The molecule has 3 aliphatic heterocycles. The summed E-state index contributed by atoms with van der Waals surface area (Å²) < 4.78 is 1.89. The van der Waals surface area contributed by atoms with Crippen molar-refractivity contribution < 1.29 is 78.5 Å². The molecule has 0 bridgehead atoms. The number of carboxylic acid groups (broad SMARTS) is 2. The number of nitrogens with one attached hydrogen (secondary N) is 1. The fraction of sp³-hybridized carbons (Fsp3) is 0.438. The summed E-state index contributed by atoms with van der Waals surface area (Å²) in [5.41, 5.74) is 3.61. The molecule has 2 aromatic heterocycles. The Bertz CT molecular complexity index is 2110. The number of carbonyl (C=O) groups is 4. The summed E-state index contributed by atoms with van der Waals surface area (Å²) in [6.45, 7) is 6.64. The molecule has 0 unspecified atom stereocenters. The van der Waals surface area contributed by atoms with Crippen molar-refractivity contribution in [1.82, 2.24) is 24.8 Å². The van der Waals surface area contributed by atoms with Gasteiger partial charge < -0.3 is 45.6 Å². The number of nitrogens with two attached hydrogens (primary N) is 1. The number of phenolic OH excluding ortho intramolecular Hbond substituents is 2. The molecule has 3 aromatic rings. The van der Waals surface area contributed by atoms with Gasteiger partial charge in [0.15, 0.2) is 27.9 Å². The van der Waals surface area contributed by atoms with E-state index in [-0.39, 0.29) is 74.5 Å². The third-order valence-corrected chi connectivity index (χ3v) is 11.6. The molecule has 276 valence electrons. The summed E-state index contributed by atoms with van der Waals surface area (Å²) in [7, 11) is 0. The normalized spacial score (nSPS) is 21.1. The number of benzene rings is 1. The fourth-order valence-electron chi connectivity index (χ4n) is 6.55. The summed E-state index contributed by atoms with van der Waals surface area (Å²) in [4.78, 5) is 79.2. The van der Waals surface area contributed by atoms with Gasteiger partial charge in [-0.1, -0.05) is 5.16 Å². The van der Waals surface area contributed by atoms with Gasteiger partial charge in [-0.3, -0.25) is 23.9 Å². The molecule has 2 amide bonds. The number of β-lactam (4-membered cyclic amide) rings is 1. The number of aromatic hydroxyl groups is 2. The maximum Gasteiger partial charge on any atom is 1.00 e. The van der Waals surface area contributed by atoms with Crippen LogP contribution in [0, 0.1) is 0 Å². The zero-order chi connectivity index (χ0) is 37.7. The summed E-state index contributed by atoms with van der Waals surface area (Å²) in [6, 6.07) is 1.24. The van der Waals surface area contributed by atoms with Crippen molar-refractivity contribution in [3.8, 4) is 11.5 Å². The van der Waals surface area contributed by atoms with E-state index >= 15 is 0 Å². The van der Waals surface area contributed by atoms with E-state index in [1.54, 1.807) is 0 Å². The Morgan fingerprint density at radius 2 is 1.87 bits per heavy atom. The second-order valence-corrected chi connectivity index (χ2v) is 15.7. The first kappa shape index (κ1) is 40.0. The summed E-state index contributed by atoms with van der Waals surface area (Å²) in [6.07, 6.45) is 3.14. The van der Waals surface area contributed by atoms with E-state index in [1.807, 2.05) is 6.92 Å². The van der Waals surface area contributed by atoms with E-state index < -0.39 is 57.8 Å². The minimum absolute atomic E-state index is 0. The molecule has 53 heavy (non-hydrogen) atoms. The number of nitrogens with zero attached hydrogens (tertiary/aromatic N) is 6. The molecule has 5 heterocycles. The summed E-state index contributed by atoms with van der Waals surface area (Å²) in [5, 5.41) is 48.5. The van der Waals surface area contributed by atoms with Crippen LogP contribution in [0.1, 0.15) is 39.3 Å². The molecule has 6 rings (SSSR count). The van der Waals surface area contributed by atoms with Gasteiger partial charge in [0.1, 0.15) is 29.4 Å². The topological polar surface area (TPSA) is 263 Å².